The molecule has 3 heteroatoms. The predicted octanol–water partition coefficient (Wildman–Crippen LogP) is 5.11. The van der Waals surface area contributed by atoms with Crippen LogP contribution in [0.1, 0.15) is 37.5 Å². The number of methoxy groups -OCH3 is 1. The monoisotopic (exact) mass is 374 g/mol. The third-order valence-corrected chi connectivity index (χ3v) is 4.32. The predicted molar refractivity (Wildman–Crippen MR) is 98.3 cm³/mol. The Morgan fingerprint density at radius 2 is 1.83 bits per heavy atom. The lowest BCUT2D eigenvalue weighted by molar-refractivity contribution is -0.117. The summed E-state index contributed by atoms with van der Waals surface area (Å²) in [6, 6.07) is 14.0. The molecule has 0 aromatic heterocycles. The quantitative estimate of drug-likeness (QED) is 0.726. The van der Waals surface area contributed by atoms with Crippen LogP contribution < -0.4 is 4.74 Å². The van der Waals surface area contributed by atoms with Gasteiger partial charge in [0.25, 0.3) is 0 Å². The molecule has 0 unspecified atom stereocenters. The van der Waals surface area contributed by atoms with Gasteiger partial charge in [0.15, 0.2) is 0 Å². The van der Waals surface area contributed by atoms with Crippen molar-refractivity contribution in [3.05, 3.63) is 63.6 Å². The molecule has 0 N–H and O–H groups in total. The summed E-state index contributed by atoms with van der Waals surface area (Å²) in [5.41, 5.74) is 3.32. The van der Waals surface area contributed by atoms with Crippen molar-refractivity contribution >= 4 is 21.7 Å². The number of carbonyl (C=O) groups excluding carboxylic acids is 1. The van der Waals surface area contributed by atoms with Crippen LogP contribution in [0.25, 0.3) is 0 Å². The second-order valence-corrected chi connectivity index (χ2v) is 7.71. The fourth-order valence-corrected chi connectivity index (χ4v) is 2.94. The zero-order valence-corrected chi connectivity index (χ0v) is 15.7. The van der Waals surface area contributed by atoms with E-state index in [1.165, 1.54) is 5.56 Å². The number of hydrogen-bond acceptors (Lipinski definition) is 2. The zero-order valence-electron chi connectivity index (χ0n) is 14.2. The lowest BCUT2D eigenvalue weighted by atomic mass is 9.85. The van der Waals surface area contributed by atoms with Crippen LogP contribution in [0.15, 0.2) is 46.9 Å². The molecule has 2 nitrogen and oxygen atoms in total. The normalized spacial score (nSPS) is 11.3. The van der Waals surface area contributed by atoms with E-state index in [0.29, 0.717) is 12.8 Å². The summed E-state index contributed by atoms with van der Waals surface area (Å²) < 4.78 is 6.30. The highest BCUT2D eigenvalue weighted by Gasteiger charge is 2.15. The minimum atomic E-state index is 0.0899. The van der Waals surface area contributed by atoms with E-state index in [0.717, 1.165) is 21.3 Å². The first-order chi connectivity index (χ1) is 10.8. The Morgan fingerprint density at radius 1 is 1.09 bits per heavy atom. The van der Waals surface area contributed by atoms with Gasteiger partial charge in [-0.25, -0.2) is 0 Å². The number of halogens is 1. The molecule has 2 rings (SSSR count). The number of hydrogen-bond donors (Lipinski definition) is 0. The summed E-state index contributed by atoms with van der Waals surface area (Å²) in [6.07, 6.45) is 0.821. The molecular weight excluding hydrogens is 352 g/mol. The van der Waals surface area contributed by atoms with Crippen LogP contribution in [0.2, 0.25) is 0 Å². The molecule has 0 bridgehead atoms. The molecule has 2 aromatic rings. The van der Waals surface area contributed by atoms with Crippen molar-refractivity contribution in [1.29, 1.82) is 0 Å². The number of ether oxygens (including phenoxy) is 1. The van der Waals surface area contributed by atoms with Crippen molar-refractivity contribution in [2.24, 2.45) is 0 Å². The summed E-state index contributed by atoms with van der Waals surface area (Å²) in [6.45, 7) is 6.54. The van der Waals surface area contributed by atoms with Crippen LogP contribution in [0.5, 0.6) is 5.75 Å². The molecule has 0 heterocycles. The van der Waals surface area contributed by atoms with Gasteiger partial charge in [0, 0.05) is 22.9 Å². The summed E-state index contributed by atoms with van der Waals surface area (Å²) in [5, 5.41) is 0. The average molecular weight is 375 g/mol. The van der Waals surface area contributed by atoms with Crippen molar-refractivity contribution in [2.45, 2.75) is 39.0 Å². The van der Waals surface area contributed by atoms with Gasteiger partial charge in [0.1, 0.15) is 11.5 Å². The molecule has 0 saturated carbocycles. The van der Waals surface area contributed by atoms with Gasteiger partial charge in [0.2, 0.25) is 0 Å². The molecular formula is C20H23BrO2. The van der Waals surface area contributed by atoms with E-state index in [9.17, 15) is 4.79 Å². The first-order valence-electron chi connectivity index (χ1n) is 7.73. The van der Waals surface area contributed by atoms with Gasteiger partial charge in [-0.3, -0.25) is 4.79 Å². The zero-order chi connectivity index (χ0) is 17.0. The fraction of sp³-hybridized carbons (Fsp3) is 0.350. The molecule has 0 radical (unpaired) electrons. The molecule has 0 spiro atoms. The molecule has 0 aliphatic rings. The second kappa shape index (κ2) is 7.31. The van der Waals surface area contributed by atoms with Crippen LogP contribution in [0.3, 0.4) is 0 Å². The van der Waals surface area contributed by atoms with E-state index >= 15 is 0 Å². The largest absolute Gasteiger partial charge is 0.496 e. The average Bonchev–Trinajstić information content (AvgIpc) is 2.46. The summed E-state index contributed by atoms with van der Waals surface area (Å²) >= 11 is 3.45. The lowest BCUT2D eigenvalue weighted by Gasteiger charge is -2.19. The maximum Gasteiger partial charge on any atom is 0.141 e. The van der Waals surface area contributed by atoms with Gasteiger partial charge in [-0.15, -0.1) is 0 Å². The van der Waals surface area contributed by atoms with Crippen molar-refractivity contribution in [3.63, 3.8) is 0 Å². The highest BCUT2D eigenvalue weighted by Crippen LogP contribution is 2.25. The standard InChI is InChI=1S/C20H23BrO2/c1-20(2,3)16-7-5-6-14(10-16)11-18(22)13-15-12-17(21)8-9-19(15)23-4/h5-10,12H,11,13H2,1-4H3. The van der Waals surface area contributed by atoms with E-state index in [2.05, 4.69) is 48.8 Å². The van der Waals surface area contributed by atoms with Gasteiger partial charge in [-0.2, -0.15) is 0 Å². The summed E-state index contributed by atoms with van der Waals surface area (Å²) in [4.78, 5) is 12.5. The molecule has 0 aliphatic carbocycles. The van der Waals surface area contributed by atoms with Crippen LogP contribution >= 0.6 is 15.9 Å². The first kappa shape index (κ1) is 17.7. The second-order valence-electron chi connectivity index (χ2n) is 6.80. The highest BCUT2D eigenvalue weighted by molar-refractivity contribution is 9.10. The van der Waals surface area contributed by atoms with Crippen LogP contribution in [-0.4, -0.2) is 12.9 Å². The van der Waals surface area contributed by atoms with E-state index in [4.69, 9.17) is 4.74 Å². The van der Waals surface area contributed by atoms with Gasteiger partial charge in [-0.05, 0) is 34.7 Å². The molecule has 0 atom stereocenters. The number of carbonyl (C=O) groups is 1. The Kier molecular flexibility index (Phi) is 5.64. The third kappa shape index (κ3) is 4.93. The molecule has 0 aliphatic heterocycles. The summed E-state index contributed by atoms with van der Waals surface area (Å²) in [7, 11) is 1.63. The minimum absolute atomic E-state index is 0.0899. The van der Waals surface area contributed by atoms with Crippen molar-refractivity contribution in [2.75, 3.05) is 7.11 Å². The Bertz CT molecular complexity index is 699. The molecule has 0 saturated heterocycles. The van der Waals surface area contributed by atoms with Gasteiger partial charge in [-0.1, -0.05) is 61.0 Å². The van der Waals surface area contributed by atoms with Crippen molar-refractivity contribution in [3.8, 4) is 5.75 Å². The van der Waals surface area contributed by atoms with Crippen LogP contribution in [0, 0.1) is 0 Å². The van der Waals surface area contributed by atoms with Crippen LogP contribution in [0.4, 0.5) is 0 Å². The van der Waals surface area contributed by atoms with Crippen molar-refractivity contribution in [1.82, 2.24) is 0 Å². The fourth-order valence-electron chi connectivity index (χ4n) is 2.54. The third-order valence-electron chi connectivity index (χ3n) is 3.82. The lowest BCUT2D eigenvalue weighted by Crippen LogP contribution is -2.12. The Labute approximate surface area is 147 Å². The maximum atomic E-state index is 12.5. The van der Waals surface area contributed by atoms with Gasteiger partial charge >= 0.3 is 0 Å². The Balaban J connectivity index is 2.13. The van der Waals surface area contributed by atoms with E-state index in [-0.39, 0.29) is 11.2 Å². The van der Waals surface area contributed by atoms with Crippen LogP contribution in [-0.2, 0) is 23.1 Å². The number of rotatable bonds is 5. The maximum absolute atomic E-state index is 12.5. The number of benzene rings is 2. The molecule has 2 aromatic carbocycles. The van der Waals surface area contributed by atoms with Crippen molar-refractivity contribution < 1.29 is 9.53 Å². The Hall–Kier alpha value is -1.61. The number of Topliss-reactive ketones (excluding diaryl/α,β-unsaturated/α-hetero) is 1. The molecule has 23 heavy (non-hydrogen) atoms. The molecule has 0 amide bonds. The van der Waals surface area contributed by atoms with E-state index in [1.807, 2.05) is 30.3 Å². The number of ketones is 1. The van der Waals surface area contributed by atoms with E-state index in [1.54, 1.807) is 7.11 Å². The van der Waals surface area contributed by atoms with E-state index < -0.39 is 0 Å². The Morgan fingerprint density at radius 3 is 2.48 bits per heavy atom. The topological polar surface area (TPSA) is 26.3 Å². The SMILES string of the molecule is COc1ccc(Br)cc1CC(=O)Cc1cccc(C(C)(C)C)c1. The highest BCUT2D eigenvalue weighted by atomic mass is 79.9. The van der Waals surface area contributed by atoms with Gasteiger partial charge < -0.3 is 4.74 Å². The summed E-state index contributed by atoms with van der Waals surface area (Å²) in [5.74, 6) is 0.942. The minimum Gasteiger partial charge on any atom is -0.496 e. The first-order valence-corrected chi connectivity index (χ1v) is 8.52. The molecule has 122 valence electrons. The smallest absolute Gasteiger partial charge is 0.141 e. The molecule has 0 fully saturated rings. The van der Waals surface area contributed by atoms with Gasteiger partial charge in [0.05, 0.1) is 7.11 Å².